The molecule has 1 fully saturated rings. The van der Waals surface area contributed by atoms with E-state index in [-0.39, 0.29) is 5.91 Å². The zero-order valence-corrected chi connectivity index (χ0v) is 11.9. The van der Waals surface area contributed by atoms with Gasteiger partial charge in [-0.2, -0.15) is 0 Å². The minimum absolute atomic E-state index is 0.00738. The number of nitrogens with zero attached hydrogens (tertiary/aromatic N) is 1. The summed E-state index contributed by atoms with van der Waals surface area (Å²) in [6.45, 7) is 4.25. The van der Waals surface area contributed by atoms with Gasteiger partial charge < -0.3 is 10.6 Å². The molecule has 0 bridgehead atoms. The second-order valence-corrected chi connectivity index (χ2v) is 5.54. The molecule has 1 amide bonds. The lowest BCUT2D eigenvalue weighted by atomic mass is 9.85. The number of piperidine rings is 1. The monoisotopic (exact) mass is 281 g/mol. The second kappa shape index (κ2) is 6.87. The molecule has 2 heterocycles. The molecule has 4 nitrogen and oxygen atoms in total. The van der Waals surface area contributed by atoms with Crippen LogP contribution >= 0.6 is 11.6 Å². The summed E-state index contributed by atoms with van der Waals surface area (Å²) in [5, 5.41) is 6.55. The molecule has 1 aromatic heterocycles. The largest absolute Gasteiger partial charge is 0.323 e. The number of rotatable bonds is 4. The van der Waals surface area contributed by atoms with E-state index in [2.05, 4.69) is 22.5 Å². The number of pyridine rings is 1. The lowest BCUT2D eigenvalue weighted by Gasteiger charge is -2.28. The summed E-state index contributed by atoms with van der Waals surface area (Å²) < 4.78 is 0. The van der Waals surface area contributed by atoms with Crippen molar-refractivity contribution in [3.63, 3.8) is 0 Å². The fraction of sp³-hybridized carbons (Fsp3) is 0.571. The first-order valence-corrected chi connectivity index (χ1v) is 7.15. The van der Waals surface area contributed by atoms with Gasteiger partial charge in [-0.15, -0.1) is 0 Å². The van der Waals surface area contributed by atoms with Gasteiger partial charge in [0.25, 0.3) is 0 Å². The van der Waals surface area contributed by atoms with Gasteiger partial charge in [0.1, 0.15) is 0 Å². The second-order valence-electron chi connectivity index (χ2n) is 5.18. The number of halogens is 1. The van der Waals surface area contributed by atoms with Gasteiger partial charge >= 0.3 is 0 Å². The molecule has 1 aromatic rings. The van der Waals surface area contributed by atoms with Crippen LogP contribution in [0.15, 0.2) is 18.3 Å². The maximum atomic E-state index is 12.0. The summed E-state index contributed by atoms with van der Waals surface area (Å²) in [5.41, 5.74) is 0.586. The van der Waals surface area contributed by atoms with E-state index in [0.29, 0.717) is 29.1 Å². The Balaban J connectivity index is 1.85. The fourth-order valence-corrected chi connectivity index (χ4v) is 2.67. The van der Waals surface area contributed by atoms with Gasteiger partial charge in [-0.05, 0) is 49.9 Å². The number of hydrogen-bond donors (Lipinski definition) is 2. The number of nitrogens with one attached hydrogen (secondary N) is 2. The summed E-state index contributed by atoms with van der Waals surface area (Å²) in [5.74, 6) is 0.972. The normalized spacial score (nSPS) is 20.8. The van der Waals surface area contributed by atoms with E-state index in [1.807, 2.05) is 0 Å². The minimum atomic E-state index is 0.00738. The molecule has 2 atom stereocenters. The Kier molecular flexibility index (Phi) is 5.16. The molecule has 2 unspecified atom stereocenters. The number of hydrogen-bond acceptors (Lipinski definition) is 3. The number of carbonyl (C=O) groups excluding carboxylic acids is 1. The number of carbonyl (C=O) groups is 1. The van der Waals surface area contributed by atoms with Crippen molar-refractivity contribution in [1.82, 2.24) is 10.3 Å². The molecule has 0 aliphatic carbocycles. The Labute approximate surface area is 118 Å². The Morgan fingerprint density at radius 2 is 2.53 bits per heavy atom. The van der Waals surface area contributed by atoms with E-state index in [1.54, 1.807) is 18.3 Å². The van der Waals surface area contributed by atoms with Gasteiger partial charge in [0.15, 0.2) is 5.15 Å². The van der Waals surface area contributed by atoms with E-state index < -0.39 is 0 Å². The fourth-order valence-electron chi connectivity index (χ4n) is 2.50. The molecule has 0 saturated carbocycles. The van der Waals surface area contributed by atoms with Crippen molar-refractivity contribution in [2.75, 3.05) is 18.4 Å². The predicted octanol–water partition coefficient (Wildman–Crippen LogP) is 2.70. The van der Waals surface area contributed by atoms with Crippen molar-refractivity contribution in [2.45, 2.75) is 26.2 Å². The molecular weight excluding hydrogens is 262 g/mol. The Morgan fingerprint density at radius 3 is 3.21 bits per heavy atom. The van der Waals surface area contributed by atoms with E-state index in [0.717, 1.165) is 13.1 Å². The van der Waals surface area contributed by atoms with Crippen LogP contribution in [0.5, 0.6) is 0 Å². The summed E-state index contributed by atoms with van der Waals surface area (Å²) in [4.78, 5) is 15.9. The van der Waals surface area contributed by atoms with Crippen LogP contribution in [-0.4, -0.2) is 24.0 Å². The van der Waals surface area contributed by atoms with Crippen molar-refractivity contribution in [2.24, 2.45) is 11.8 Å². The third-order valence-electron chi connectivity index (χ3n) is 3.68. The van der Waals surface area contributed by atoms with Crippen LogP contribution in [0.2, 0.25) is 5.15 Å². The van der Waals surface area contributed by atoms with Gasteiger partial charge in [0, 0.05) is 12.6 Å². The molecule has 0 radical (unpaired) electrons. The predicted molar refractivity (Wildman–Crippen MR) is 77.3 cm³/mol. The lowest BCUT2D eigenvalue weighted by Crippen LogP contribution is -2.34. The number of aromatic nitrogens is 1. The molecule has 0 spiro atoms. The Hall–Kier alpha value is -1.13. The van der Waals surface area contributed by atoms with Gasteiger partial charge in [-0.1, -0.05) is 18.5 Å². The Morgan fingerprint density at radius 1 is 1.68 bits per heavy atom. The first-order chi connectivity index (χ1) is 9.16. The van der Waals surface area contributed by atoms with Gasteiger partial charge in [0.05, 0.1) is 5.69 Å². The highest BCUT2D eigenvalue weighted by Gasteiger charge is 2.22. The van der Waals surface area contributed by atoms with Crippen molar-refractivity contribution < 1.29 is 4.79 Å². The van der Waals surface area contributed by atoms with Crippen molar-refractivity contribution in [1.29, 1.82) is 0 Å². The van der Waals surface area contributed by atoms with E-state index >= 15 is 0 Å². The highest BCUT2D eigenvalue weighted by atomic mass is 35.5. The highest BCUT2D eigenvalue weighted by molar-refractivity contribution is 6.32. The number of amides is 1. The van der Waals surface area contributed by atoms with Crippen LogP contribution in [-0.2, 0) is 4.79 Å². The topological polar surface area (TPSA) is 54.0 Å². The average Bonchev–Trinajstić information content (AvgIpc) is 2.42. The smallest absolute Gasteiger partial charge is 0.224 e. The van der Waals surface area contributed by atoms with Crippen LogP contribution in [0.3, 0.4) is 0 Å². The molecule has 1 aliphatic rings. The van der Waals surface area contributed by atoms with Crippen molar-refractivity contribution in [3.8, 4) is 0 Å². The quantitative estimate of drug-likeness (QED) is 0.835. The SMILES string of the molecule is CC(CC(=O)Nc1cccnc1Cl)C1CCCNC1. The molecular formula is C14H20ClN3O. The molecule has 2 N–H and O–H groups in total. The van der Waals surface area contributed by atoms with Crippen LogP contribution in [0.1, 0.15) is 26.2 Å². The zero-order chi connectivity index (χ0) is 13.7. The third-order valence-corrected chi connectivity index (χ3v) is 3.98. The summed E-state index contributed by atoms with van der Waals surface area (Å²) in [6.07, 6.45) is 4.53. The van der Waals surface area contributed by atoms with Crippen LogP contribution in [0.4, 0.5) is 5.69 Å². The van der Waals surface area contributed by atoms with E-state index in [4.69, 9.17) is 11.6 Å². The first-order valence-electron chi connectivity index (χ1n) is 6.78. The molecule has 1 saturated heterocycles. The maximum Gasteiger partial charge on any atom is 0.224 e. The molecule has 2 rings (SSSR count). The van der Waals surface area contributed by atoms with E-state index in [9.17, 15) is 4.79 Å². The lowest BCUT2D eigenvalue weighted by molar-refractivity contribution is -0.117. The molecule has 19 heavy (non-hydrogen) atoms. The van der Waals surface area contributed by atoms with Crippen molar-refractivity contribution >= 4 is 23.2 Å². The molecule has 0 aromatic carbocycles. The Bertz CT molecular complexity index is 432. The number of anilines is 1. The first kappa shape index (κ1) is 14.3. The van der Waals surface area contributed by atoms with Crippen LogP contribution < -0.4 is 10.6 Å². The van der Waals surface area contributed by atoms with Gasteiger partial charge in [-0.25, -0.2) is 4.98 Å². The standard InChI is InChI=1S/C14H20ClN3O/c1-10(11-4-2-6-16-9-11)8-13(19)18-12-5-3-7-17-14(12)15/h3,5,7,10-11,16H,2,4,6,8-9H2,1H3,(H,18,19). The maximum absolute atomic E-state index is 12.0. The van der Waals surface area contributed by atoms with Gasteiger partial charge in [0.2, 0.25) is 5.91 Å². The average molecular weight is 282 g/mol. The minimum Gasteiger partial charge on any atom is -0.323 e. The molecule has 5 heteroatoms. The zero-order valence-electron chi connectivity index (χ0n) is 11.2. The summed E-state index contributed by atoms with van der Waals surface area (Å²) >= 11 is 5.92. The third kappa shape index (κ3) is 4.18. The van der Waals surface area contributed by atoms with Gasteiger partial charge in [-0.3, -0.25) is 4.79 Å². The highest BCUT2D eigenvalue weighted by Crippen LogP contribution is 2.24. The molecule has 104 valence electrons. The van der Waals surface area contributed by atoms with Crippen LogP contribution in [0, 0.1) is 11.8 Å². The van der Waals surface area contributed by atoms with Crippen LogP contribution in [0.25, 0.3) is 0 Å². The van der Waals surface area contributed by atoms with Crippen molar-refractivity contribution in [3.05, 3.63) is 23.5 Å². The summed E-state index contributed by atoms with van der Waals surface area (Å²) in [7, 11) is 0. The molecule has 1 aliphatic heterocycles. The summed E-state index contributed by atoms with van der Waals surface area (Å²) in [6, 6.07) is 3.52. The van der Waals surface area contributed by atoms with E-state index in [1.165, 1.54) is 12.8 Å².